The van der Waals surface area contributed by atoms with Gasteiger partial charge in [-0.3, -0.25) is 9.78 Å². The summed E-state index contributed by atoms with van der Waals surface area (Å²) in [4.78, 5) is 27.9. The number of benzene rings is 1. The van der Waals surface area contributed by atoms with Gasteiger partial charge in [-0.05, 0) is 43.5 Å². The second kappa shape index (κ2) is 12.5. The molecule has 4 heterocycles. The van der Waals surface area contributed by atoms with Crippen molar-refractivity contribution in [2.75, 3.05) is 38.2 Å². The highest BCUT2D eigenvalue weighted by Gasteiger charge is 2.32. The van der Waals surface area contributed by atoms with Crippen molar-refractivity contribution in [3.05, 3.63) is 77.8 Å². The quantitative estimate of drug-likeness (QED) is 0.256. The summed E-state index contributed by atoms with van der Waals surface area (Å²) in [5, 5.41) is 2.64. The molecule has 0 spiro atoms. The van der Waals surface area contributed by atoms with Gasteiger partial charge in [0.05, 0.1) is 35.8 Å². The number of fused-ring (bicyclic) bond motifs is 1. The van der Waals surface area contributed by atoms with Crippen molar-refractivity contribution in [2.24, 2.45) is 0 Å². The summed E-state index contributed by atoms with van der Waals surface area (Å²) in [6.07, 6.45) is 6.76. The fourth-order valence-corrected chi connectivity index (χ4v) is 4.79. The summed E-state index contributed by atoms with van der Waals surface area (Å²) in [6.45, 7) is 3.82. The van der Waals surface area contributed by atoms with E-state index < -0.39 is 11.7 Å². The van der Waals surface area contributed by atoms with E-state index in [0.717, 1.165) is 61.7 Å². The van der Waals surface area contributed by atoms with Crippen LogP contribution in [0.2, 0.25) is 0 Å². The molecule has 1 amide bonds. The van der Waals surface area contributed by atoms with E-state index in [2.05, 4.69) is 37.1 Å². The Kier molecular flexibility index (Phi) is 8.67. The van der Waals surface area contributed by atoms with Crippen LogP contribution >= 0.6 is 11.8 Å². The number of nitrogens with zero attached hydrogens (tertiary/aromatic N) is 5. The van der Waals surface area contributed by atoms with Gasteiger partial charge in [0, 0.05) is 31.5 Å². The first-order chi connectivity index (χ1) is 18.6. The van der Waals surface area contributed by atoms with E-state index in [1.54, 1.807) is 11.8 Å². The molecule has 1 saturated heterocycles. The van der Waals surface area contributed by atoms with E-state index in [4.69, 9.17) is 14.1 Å². The molecule has 0 unspecified atom stereocenters. The molecule has 1 N–H and O–H groups in total. The first kappa shape index (κ1) is 26.3. The monoisotopic (exact) mass is 538 g/mol. The molecule has 5 rings (SSSR count). The standard InChI is InChI=1S/C27H31FN6O3S/c1-38-13-12-36-18-34-24-8-3-2-7-21(24)31-25(34)9-5-11-33-15-19(16-33)27-32-23(17-37-27)26(35)30-14-22-20(28)6-4-10-29-22/h2-4,6-8,10,17,19H,5,9,11-16,18H2,1H3,(H,30,35). The van der Waals surface area contributed by atoms with Crippen LogP contribution in [0.1, 0.15) is 40.2 Å². The van der Waals surface area contributed by atoms with Crippen LogP contribution in [0.4, 0.5) is 4.39 Å². The minimum Gasteiger partial charge on any atom is -0.448 e. The van der Waals surface area contributed by atoms with E-state index in [0.29, 0.717) is 12.6 Å². The van der Waals surface area contributed by atoms with Gasteiger partial charge in [-0.2, -0.15) is 11.8 Å². The molecule has 4 aromatic rings. The maximum atomic E-state index is 13.7. The minimum atomic E-state index is -0.458. The van der Waals surface area contributed by atoms with Crippen molar-refractivity contribution in [3.8, 4) is 0 Å². The molecular formula is C27H31FN6O3S. The number of para-hydroxylation sites is 2. The molecule has 1 aromatic carbocycles. The van der Waals surface area contributed by atoms with Crippen LogP contribution in [0, 0.1) is 5.82 Å². The maximum absolute atomic E-state index is 13.7. The second-order valence-electron chi connectivity index (χ2n) is 9.22. The number of oxazole rings is 1. The number of carbonyl (C=O) groups is 1. The Morgan fingerprint density at radius 3 is 2.95 bits per heavy atom. The number of likely N-dealkylation sites (tertiary alicyclic amines) is 1. The summed E-state index contributed by atoms with van der Waals surface area (Å²) in [7, 11) is 0. The molecule has 9 nitrogen and oxygen atoms in total. The molecule has 0 bridgehead atoms. The lowest BCUT2D eigenvalue weighted by atomic mass is 10.00. The zero-order valence-corrected chi connectivity index (χ0v) is 22.1. The topological polar surface area (TPSA) is 98.3 Å². The average Bonchev–Trinajstić information content (AvgIpc) is 3.52. The summed E-state index contributed by atoms with van der Waals surface area (Å²) in [5.41, 5.74) is 2.46. The number of hydrogen-bond donors (Lipinski definition) is 1. The number of amides is 1. The van der Waals surface area contributed by atoms with Gasteiger partial charge in [0.15, 0.2) is 11.6 Å². The fraction of sp³-hybridized carbons (Fsp3) is 0.407. The van der Waals surface area contributed by atoms with Gasteiger partial charge in [0.1, 0.15) is 24.6 Å². The predicted molar refractivity (Wildman–Crippen MR) is 143 cm³/mol. The van der Waals surface area contributed by atoms with Crippen LogP contribution in [0.5, 0.6) is 0 Å². The van der Waals surface area contributed by atoms with E-state index in [-0.39, 0.29) is 23.9 Å². The molecule has 0 aliphatic carbocycles. The maximum Gasteiger partial charge on any atom is 0.273 e. The van der Waals surface area contributed by atoms with Crippen LogP contribution in [0.25, 0.3) is 11.0 Å². The molecule has 38 heavy (non-hydrogen) atoms. The number of aryl methyl sites for hydroxylation is 1. The number of halogens is 1. The molecule has 0 atom stereocenters. The first-order valence-electron chi connectivity index (χ1n) is 12.7. The lowest BCUT2D eigenvalue weighted by Crippen LogP contribution is -2.45. The number of pyridine rings is 1. The second-order valence-corrected chi connectivity index (χ2v) is 10.2. The summed E-state index contributed by atoms with van der Waals surface area (Å²) < 4.78 is 27.3. The van der Waals surface area contributed by atoms with Gasteiger partial charge in [-0.25, -0.2) is 14.4 Å². The third-order valence-electron chi connectivity index (χ3n) is 6.57. The van der Waals surface area contributed by atoms with Crippen molar-refractivity contribution in [2.45, 2.75) is 32.0 Å². The van der Waals surface area contributed by atoms with Crippen molar-refractivity contribution in [1.82, 2.24) is 29.7 Å². The average molecular weight is 539 g/mol. The first-order valence-corrected chi connectivity index (χ1v) is 14.1. The Hall–Kier alpha value is -3.28. The Morgan fingerprint density at radius 1 is 1.24 bits per heavy atom. The smallest absolute Gasteiger partial charge is 0.273 e. The molecular weight excluding hydrogens is 507 g/mol. The number of thioether (sulfide) groups is 1. The third-order valence-corrected chi connectivity index (χ3v) is 7.15. The van der Waals surface area contributed by atoms with Gasteiger partial charge in [-0.15, -0.1) is 0 Å². The predicted octanol–water partition coefficient (Wildman–Crippen LogP) is 3.86. The number of carbonyl (C=O) groups excluding carboxylic acids is 1. The zero-order chi connectivity index (χ0) is 26.3. The largest absolute Gasteiger partial charge is 0.448 e. The van der Waals surface area contributed by atoms with E-state index in [1.165, 1.54) is 24.6 Å². The van der Waals surface area contributed by atoms with Gasteiger partial charge < -0.3 is 23.9 Å². The molecule has 0 saturated carbocycles. The van der Waals surface area contributed by atoms with Crippen molar-refractivity contribution in [3.63, 3.8) is 0 Å². The van der Waals surface area contributed by atoms with Gasteiger partial charge in [0.2, 0.25) is 0 Å². The van der Waals surface area contributed by atoms with Crippen molar-refractivity contribution >= 4 is 28.7 Å². The number of aromatic nitrogens is 4. The SMILES string of the molecule is CSCCOCn1c(CCCN2CC(c3nc(C(=O)NCc4ncccc4F)co3)C2)nc2ccccc21. The Balaban J connectivity index is 1.08. The van der Waals surface area contributed by atoms with Gasteiger partial charge >= 0.3 is 0 Å². The molecule has 1 fully saturated rings. The van der Waals surface area contributed by atoms with Crippen molar-refractivity contribution < 1.29 is 18.3 Å². The van der Waals surface area contributed by atoms with Crippen LogP contribution in [-0.4, -0.2) is 68.6 Å². The number of ether oxygens (including phenoxy) is 1. The number of hydrogen-bond acceptors (Lipinski definition) is 8. The van der Waals surface area contributed by atoms with Crippen LogP contribution in [-0.2, 0) is 24.4 Å². The van der Waals surface area contributed by atoms with Crippen LogP contribution in [0.15, 0.2) is 53.3 Å². The molecule has 1 aliphatic rings. The summed E-state index contributed by atoms with van der Waals surface area (Å²) in [6, 6.07) is 11.0. The van der Waals surface area contributed by atoms with Crippen LogP contribution in [0.3, 0.4) is 0 Å². The van der Waals surface area contributed by atoms with E-state index >= 15 is 0 Å². The van der Waals surface area contributed by atoms with E-state index in [1.807, 2.05) is 18.2 Å². The van der Waals surface area contributed by atoms with E-state index in [9.17, 15) is 9.18 Å². The summed E-state index contributed by atoms with van der Waals surface area (Å²) >= 11 is 1.77. The number of nitrogens with one attached hydrogen (secondary N) is 1. The van der Waals surface area contributed by atoms with Gasteiger partial charge in [-0.1, -0.05) is 12.1 Å². The molecule has 3 aromatic heterocycles. The van der Waals surface area contributed by atoms with Crippen molar-refractivity contribution in [1.29, 1.82) is 0 Å². The Bertz CT molecular complexity index is 1370. The van der Waals surface area contributed by atoms with Gasteiger partial charge in [0.25, 0.3) is 5.91 Å². The Labute approximate surface area is 224 Å². The minimum absolute atomic E-state index is 0.0113. The fourth-order valence-electron chi connectivity index (χ4n) is 4.51. The highest BCUT2D eigenvalue weighted by atomic mass is 32.2. The summed E-state index contributed by atoms with van der Waals surface area (Å²) in [5.74, 6) is 1.85. The lowest BCUT2D eigenvalue weighted by Gasteiger charge is -2.37. The molecule has 0 radical (unpaired) electrons. The number of imidazole rings is 1. The normalized spacial score (nSPS) is 14.2. The van der Waals surface area contributed by atoms with Crippen LogP contribution < -0.4 is 5.32 Å². The Morgan fingerprint density at radius 2 is 2.11 bits per heavy atom. The molecule has 200 valence electrons. The highest BCUT2D eigenvalue weighted by molar-refractivity contribution is 7.98. The lowest BCUT2D eigenvalue weighted by molar-refractivity contribution is 0.0900. The molecule has 1 aliphatic heterocycles. The zero-order valence-electron chi connectivity index (χ0n) is 21.3. The third kappa shape index (κ3) is 6.23. The number of rotatable bonds is 13. The molecule has 11 heteroatoms. The highest BCUT2D eigenvalue weighted by Crippen LogP contribution is 2.27.